The minimum atomic E-state index is -4.44. The van der Waals surface area contributed by atoms with E-state index in [2.05, 4.69) is 12.1 Å². The predicted octanol–water partition coefficient (Wildman–Crippen LogP) is 8.39. The third kappa shape index (κ3) is 6.42. The standard InChI is InChI=1S/C37H28F3NO3/c38-37(39,40)31-17-14-28(15-18-31)33-8-4-5-9-34(33)36(43)44-32-19-16-30-24-41(21-20-29(30)23-32)35(42)22-25-10-12-27(13-11-25)26-6-2-1-3-7-26/h1-19,23H,20-22,24H2. The lowest BCUT2D eigenvalue weighted by Crippen LogP contribution is -2.36. The molecule has 1 amide bonds. The summed E-state index contributed by atoms with van der Waals surface area (Å²) in [6.07, 6.45) is -3.50. The minimum Gasteiger partial charge on any atom is -0.423 e. The van der Waals surface area contributed by atoms with Crippen molar-refractivity contribution in [3.63, 3.8) is 0 Å². The number of benzene rings is 5. The number of esters is 1. The Balaban J connectivity index is 1.10. The summed E-state index contributed by atoms with van der Waals surface area (Å²) in [5.74, 6) is -0.181. The number of amides is 1. The van der Waals surface area contributed by atoms with Gasteiger partial charge in [0.2, 0.25) is 5.91 Å². The molecule has 0 spiro atoms. The number of alkyl halides is 3. The van der Waals surface area contributed by atoms with Gasteiger partial charge in [-0.2, -0.15) is 13.2 Å². The number of rotatable bonds is 6. The molecule has 0 N–H and O–H groups in total. The van der Waals surface area contributed by atoms with Crippen LogP contribution in [0.3, 0.4) is 0 Å². The average molecular weight is 592 g/mol. The van der Waals surface area contributed by atoms with E-state index in [1.165, 1.54) is 12.1 Å². The Hall–Kier alpha value is -5.17. The first-order valence-electron chi connectivity index (χ1n) is 14.3. The molecular weight excluding hydrogens is 563 g/mol. The molecule has 0 atom stereocenters. The predicted molar refractivity (Wildman–Crippen MR) is 163 cm³/mol. The summed E-state index contributed by atoms with van der Waals surface area (Å²) in [5, 5.41) is 0. The first kappa shape index (κ1) is 28.9. The van der Waals surface area contributed by atoms with Crippen molar-refractivity contribution in [1.82, 2.24) is 4.90 Å². The number of hydrogen-bond donors (Lipinski definition) is 0. The van der Waals surface area contributed by atoms with Gasteiger partial charge in [-0.15, -0.1) is 0 Å². The number of carbonyl (C=O) groups is 2. The van der Waals surface area contributed by atoms with Crippen molar-refractivity contribution >= 4 is 11.9 Å². The molecule has 0 bridgehead atoms. The van der Waals surface area contributed by atoms with Gasteiger partial charge < -0.3 is 9.64 Å². The third-order valence-corrected chi connectivity index (χ3v) is 7.84. The maximum atomic E-state index is 13.2. The fourth-order valence-electron chi connectivity index (χ4n) is 5.45. The van der Waals surface area contributed by atoms with E-state index in [4.69, 9.17) is 4.74 Å². The van der Waals surface area contributed by atoms with Crippen molar-refractivity contribution in [2.24, 2.45) is 0 Å². The summed E-state index contributed by atoms with van der Waals surface area (Å²) < 4.78 is 44.7. The Morgan fingerprint density at radius 2 is 1.36 bits per heavy atom. The van der Waals surface area contributed by atoms with Crippen LogP contribution in [0.15, 0.2) is 121 Å². The van der Waals surface area contributed by atoms with Gasteiger partial charge >= 0.3 is 12.1 Å². The highest BCUT2D eigenvalue weighted by molar-refractivity contribution is 5.98. The van der Waals surface area contributed by atoms with E-state index in [1.807, 2.05) is 59.5 Å². The second-order valence-corrected chi connectivity index (χ2v) is 10.7. The molecule has 5 aromatic carbocycles. The van der Waals surface area contributed by atoms with Crippen LogP contribution >= 0.6 is 0 Å². The average Bonchev–Trinajstić information content (AvgIpc) is 3.05. The monoisotopic (exact) mass is 591 g/mol. The van der Waals surface area contributed by atoms with Crippen molar-refractivity contribution in [2.75, 3.05) is 6.54 Å². The molecule has 1 aliphatic rings. The topological polar surface area (TPSA) is 46.6 Å². The summed E-state index contributed by atoms with van der Waals surface area (Å²) in [6, 6.07) is 34.9. The van der Waals surface area contributed by atoms with Crippen LogP contribution in [0, 0.1) is 0 Å². The molecule has 0 unspecified atom stereocenters. The Bertz CT molecular complexity index is 1800. The number of carbonyl (C=O) groups excluding carboxylic acids is 2. The van der Waals surface area contributed by atoms with Crippen molar-refractivity contribution in [3.8, 4) is 28.0 Å². The summed E-state index contributed by atoms with van der Waals surface area (Å²) in [7, 11) is 0. The number of fused-ring (bicyclic) bond motifs is 1. The van der Waals surface area contributed by atoms with E-state index in [0.717, 1.165) is 39.9 Å². The Kier molecular flexibility index (Phi) is 8.03. The van der Waals surface area contributed by atoms with Crippen LogP contribution in [0.1, 0.15) is 32.6 Å². The van der Waals surface area contributed by atoms with Gasteiger partial charge in [0.1, 0.15) is 5.75 Å². The van der Waals surface area contributed by atoms with Crippen molar-refractivity contribution in [2.45, 2.75) is 25.6 Å². The molecule has 0 aliphatic carbocycles. The first-order valence-corrected chi connectivity index (χ1v) is 14.3. The van der Waals surface area contributed by atoms with Gasteiger partial charge in [-0.3, -0.25) is 4.79 Å². The lowest BCUT2D eigenvalue weighted by atomic mass is 9.98. The van der Waals surface area contributed by atoms with Gasteiger partial charge in [-0.1, -0.05) is 91.0 Å². The number of halogens is 3. The molecule has 220 valence electrons. The highest BCUT2D eigenvalue weighted by atomic mass is 19.4. The molecule has 1 aliphatic heterocycles. The highest BCUT2D eigenvalue weighted by Gasteiger charge is 2.30. The van der Waals surface area contributed by atoms with Crippen LogP contribution in [-0.4, -0.2) is 23.3 Å². The highest BCUT2D eigenvalue weighted by Crippen LogP contribution is 2.32. The zero-order chi connectivity index (χ0) is 30.7. The van der Waals surface area contributed by atoms with E-state index < -0.39 is 17.7 Å². The molecule has 5 aromatic rings. The first-order chi connectivity index (χ1) is 21.2. The Labute approximate surface area is 253 Å². The molecule has 0 saturated carbocycles. The SMILES string of the molecule is O=C(Oc1ccc2c(c1)CCN(C(=O)Cc1ccc(-c3ccccc3)cc1)C2)c1ccccc1-c1ccc(C(F)(F)F)cc1. The maximum absolute atomic E-state index is 13.2. The summed E-state index contributed by atoms with van der Waals surface area (Å²) in [6.45, 7) is 1.03. The maximum Gasteiger partial charge on any atom is 0.416 e. The molecule has 44 heavy (non-hydrogen) atoms. The quantitative estimate of drug-likeness (QED) is 0.147. The summed E-state index contributed by atoms with van der Waals surface area (Å²) in [5.41, 5.74) is 5.64. The Morgan fingerprint density at radius 3 is 2.09 bits per heavy atom. The van der Waals surface area contributed by atoms with Gasteiger partial charge in [-0.25, -0.2) is 4.79 Å². The fourth-order valence-corrected chi connectivity index (χ4v) is 5.45. The van der Waals surface area contributed by atoms with Crippen LogP contribution in [-0.2, 0) is 30.4 Å². The van der Waals surface area contributed by atoms with Crippen molar-refractivity contribution in [3.05, 3.63) is 149 Å². The summed E-state index contributed by atoms with van der Waals surface area (Å²) >= 11 is 0. The number of ether oxygens (including phenoxy) is 1. The van der Waals surface area contributed by atoms with Crippen molar-refractivity contribution in [1.29, 1.82) is 0 Å². The van der Waals surface area contributed by atoms with Crippen molar-refractivity contribution < 1.29 is 27.5 Å². The second kappa shape index (κ2) is 12.2. The smallest absolute Gasteiger partial charge is 0.416 e. The summed E-state index contributed by atoms with van der Waals surface area (Å²) in [4.78, 5) is 28.1. The fraction of sp³-hybridized carbons (Fsp3) is 0.135. The zero-order valence-electron chi connectivity index (χ0n) is 23.7. The molecule has 0 radical (unpaired) electrons. The van der Waals surface area contributed by atoms with Gasteiger partial charge in [0, 0.05) is 13.1 Å². The van der Waals surface area contributed by atoms with Gasteiger partial charge in [0.05, 0.1) is 17.5 Å². The van der Waals surface area contributed by atoms with E-state index in [9.17, 15) is 22.8 Å². The van der Waals surface area contributed by atoms with Gasteiger partial charge in [0.25, 0.3) is 0 Å². The second-order valence-electron chi connectivity index (χ2n) is 10.7. The van der Waals surface area contributed by atoms with Gasteiger partial charge in [0.15, 0.2) is 0 Å². The van der Waals surface area contributed by atoms with E-state index in [-0.39, 0.29) is 11.5 Å². The largest absolute Gasteiger partial charge is 0.423 e. The molecule has 1 heterocycles. The molecule has 0 aromatic heterocycles. The van der Waals surface area contributed by atoms with E-state index >= 15 is 0 Å². The molecule has 7 heteroatoms. The molecule has 0 fully saturated rings. The van der Waals surface area contributed by atoms with E-state index in [0.29, 0.717) is 42.8 Å². The zero-order valence-corrected chi connectivity index (χ0v) is 23.7. The Morgan fingerprint density at radius 1 is 0.705 bits per heavy atom. The molecule has 0 saturated heterocycles. The van der Waals surface area contributed by atoms with Gasteiger partial charge in [-0.05, 0) is 75.7 Å². The van der Waals surface area contributed by atoms with Crippen LogP contribution in [0.25, 0.3) is 22.3 Å². The number of nitrogens with zero attached hydrogens (tertiary/aromatic N) is 1. The van der Waals surface area contributed by atoms with Crippen LogP contribution in [0.2, 0.25) is 0 Å². The molecular formula is C37H28F3NO3. The van der Waals surface area contributed by atoms with E-state index in [1.54, 1.807) is 30.3 Å². The number of hydrogen-bond acceptors (Lipinski definition) is 3. The van der Waals surface area contributed by atoms with Crippen LogP contribution in [0.5, 0.6) is 5.75 Å². The lowest BCUT2D eigenvalue weighted by Gasteiger charge is -2.29. The lowest BCUT2D eigenvalue weighted by molar-refractivity contribution is -0.137. The van der Waals surface area contributed by atoms with Crippen LogP contribution in [0.4, 0.5) is 13.2 Å². The normalized spacial score (nSPS) is 12.8. The van der Waals surface area contributed by atoms with Crippen LogP contribution < -0.4 is 4.74 Å². The molecule has 4 nitrogen and oxygen atoms in total. The third-order valence-electron chi connectivity index (χ3n) is 7.84. The molecule has 6 rings (SSSR count). The minimum absolute atomic E-state index is 0.0542.